The van der Waals surface area contributed by atoms with Gasteiger partial charge in [0.1, 0.15) is 5.75 Å². The summed E-state index contributed by atoms with van der Waals surface area (Å²) in [7, 11) is 5.37. The van der Waals surface area contributed by atoms with Crippen LogP contribution in [0.1, 0.15) is 44.1 Å². The average Bonchev–Trinajstić information content (AvgIpc) is 3.04. The minimum absolute atomic E-state index is 0.138. The third-order valence-corrected chi connectivity index (χ3v) is 5.83. The van der Waals surface area contributed by atoms with Gasteiger partial charge in [0.25, 0.3) is 5.91 Å². The summed E-state index contributed by atoms with van der Waals surface area (Å²) >= 11 is 0. The van der Waals surface area contributed by atoms with Gasteiger partial charge in [0, 0.05) is 37.6 Å². The van der Waals surface area contributed by atoms with Crippen LogP contribution in [0.4, 0.5) is 11.4 Å². The number of amides is 1. The van der Waals surface area contributed by atoms with Gasteiger partial charge in [0.15, 0.2) is 0 Å². The first-order valence-corrected chi connectivity index (χ1v) is 10.7. The molecule has 0 fully saturated rings. The van der Waals surface area contributed by atoms with Crippen LogP contribution in [0, 0.1) is 13.8 Å². The Morgan fingerprint density at radius 2 is 1.85 bits per heavy atom. The highest BCUT2D eigenvalue weighted by Gasteiger charge is 2.17. The van der Waals surface area contributed by atoms with Crippen molar-refractivity contribution in [2.24, 2.45) is 7.05 Å². The molecule has 3 aromatic rings. The monoisotopic (exact) mass is 450 g/mol. The van der Waals surface area contributed by atoms with Gasteiger partial charge in [0.05, 0.1) is 24.1 Å². The predicted octanol–water partition coefficient (Wildman–Crippen LogP) is 4.07. The average molecular weight is 451 g/mol. The van der Waals surface area contributed by atoms with Crippen LogP contribution in [0.5, 0.6) is 5.75 Å². The Morgan fingerprint density at radius 3 is 2.42 bits per heavy atom. The fourth-order valence-electron chi connectivity index (χ4n) is 3.86. The van der Waals surface area contributed by atoms with Crippen molar-refractivity contribution in [1.29, 1.82) is 0 Å². The molecule has 0 unspecified atom stereocenters. The van der Waals surface area contributed by atoms with Crippen molar-refractivity contribution in [1.82, 2.24) is 9.78 Å². The van der Waals surface area contributed by atoms with E-state index in [4.69, 9.17) is 4.74 Å². The molecular weight excluding hydrogens is 420 g/mol. The normalized spacial score (nSPS) is 10.7. The molecule has 0 aliphatic carbocycles. The molecule has 8 heteroatoms. The van der Waals surface area contributed by atoms with Gasteiger partial charge in [-0.15, -0.1) is 0 Å². The Labute approximate surface area is 193 Å². The maximum Gasteiger partial charge on any atom is 0.337 e. The lowest BCUT2D eigenvalue weighted by Gasteiger charge is -2.22. The number of benzene rings is 2. The Balaban J connectivity index is 1.69. The number of nitrogens with one attached hydrogen (secondary N) is 1. The number of aryl methyl sites for hydroxylation is 2. The fraction of sp³-hybridized carbons (Fsp3) is 0.320. The molecule has 2 N–H and O–H groups in total. The summed E-state index contributed by atoms with van der Waals surface area (Å²) in [6.45, 7) is 4.75. The summed E-state index contributed by atoms with van der Waals surface area (Å²) in [5, 5.41) is 17.0. The minimum Gasteiger partial charge on any atom is -0.497 e. The summed E-state index contributed by atoms with van der Waals surface area (Å²) in [4.78, 5) is 26.4. The third-order valence-electron chi connectivity index (χ3n) is 5.83. The van der Waals surface area contributed by atoms with E-state index in [1.807, 2.05) is 30.6 Å². The number of carbonyl (C=O) groups is 2. The molecule has 0 atom stereocenters. The van der Waals surface area contributed by atoms with Crippen molar-refractivity contribution in [3.63, 3.8) is 0 Å². The van der Waals surface area contributed by atoms with Gasteiger partial charge in [-0.1, -0.05) is 0 Å². The zero-order chi connectivity index (χ0) is 24.1. The highest BCUT2D eigenvalue weighted by Crippen LogP contribution is 2.25. The smallest absolute Gasteiger partial charge is 0.337 e. The highest BCUT2D eigenvalue weighted by molar-refractivity contribution is 6.05. The van der Waals surface area contributed by atoms with Crippen molar-refractivity contribution in [3.05, 3.63) is 70.5 Å². The van der Waals surface area contributed by atoms with Crippen LogP contribution in [0.25, 0.3) is 0 Å². The second-order valence-corrected chi connectivity index (χ2v) is 8.02. The number of anilines is 2. The number of methoxy groups -OCH3 is 1. The standard InChI is InChI=1S/C25H30N4O4/c1-16-21(17(2)29(4)27-16)7-6-14-28(3)23-13-10-19(15-22(23)25(31)32)26-24(30)18-8-11-20(33-5)12-9-18/h8-13,15H,6-7,14H2,1-5H3,(H,26,30)(H,31,32). The molecule has 174 valence electrons. The maximum absolute atomic E-state index is 12.5. The summed E-state index contributed by atoms with van der Waals surface area (Å²) < 4.78 is 6.99. The molecule has 0 spiro atoms. The molecule has 33 heavy (non-hydrogen) atoms. The van der Waals surface area contributed by atoms with Gasteiger partial charge in [-0.05, 0) is 74.7 Å². The number of carboxylic acids is 1. The Hall–Kier alpha value is -3.81. The van der Waals surface area contributed by atoms with Gasteiger partial charge >= 0.3 is 5.97 Å². The number of rotatable bonds is 9. The minimum atomic E-state index is -1.05. The zero-order valence-corrected chi connectivity index (χ0v) is 19.7. The van der Waals surface area contributed by atoms with Crippen LogP contribution in [-0.4, -0.2) is 47.5 Å². The van der Waals surface area contributed by atoms with Gasteiger partial charge < -0.3 is 20.1 Å². The van der Waals surface area contributed by atoms with Crippen LogP contribution in [0.15, 0.2) is 42.5 Å². The van der Waals surface area contributed by atoms with Crippen molar-refractivity contribution in [2.45, 2.75) is 26.7 Å². The number of nitrogens with zero attached hydrogens (tertiary/aromatic N) is 3. The van der Waals surface area contributed by atoms with Crippen LogP contribution in [-0.2, 0) is 13.5 Å². The second kappa shape index (κ2) is 10.2. The fourth-order valence-corrected chi connectivity index (χ4v) is 3.86. The molecule has 1 heterocycles. The molecule has 0 radical (unpaired) electrons. The van der Waals surface area contributed by atoms with E-state index in [9.17, 15) is 14.7 Å². The largest absolute Gasteiger partial charge is 0.497 e. The molecule has 0 bridgehead atoms. The third kappa shape index (κ3) is 5.52. The van der Waals surface area contributed by atoms with Crippen molar-refractivity contribution in [3.8, 4) is 5.75 Å². The maximum atomic E-state index is 12.5. The van der Waals surface area contributed by atoms with Gasteiger partial charge in [-0.2, -0.15) is 5.10 Å². The lowest BCUT2D eigenvalue weighted by Crippen LogP contribution is -2.22. The van der Waals surface area contributed by atoms with E-state index in [2.05, 4.69) is 17.3 Å². The Bertz CT molecular complexity index is 1150. The summed E-state index contributed by atoms with van der Waals surface area (Å²) in [6, 6.07) is 11.6. The number of aromatic nitrogens is 2. The number of carbonyl (C=O) groups excluding carboxylic acids is 1. The Kier molecular flexibility index (Phi) is 7.37. The van der Waals surface area contributed by atoms with Gasteiger partial charge in [0.2, 0.25) is 0 Å². The summed E-state index contributed by atoms with van der Waals surface area (Å²) in [6.07, 6.45) is 1.73. The molecule has 0 saturated heterocycles. The van der Waals surface area contributed by atoms with Gasteiger partial charge in [-0.3, -0.25) is 9.48 Å². The SMILES string of the molecule is COc1ccc(C(=O)Nc2ccc(N(C)CCCc3c(C)nn(C)c3C)c(C(=O)O)c2)cc1. The van der Waals surface area contributed by atoms with E-state index in [0.717, 1.165) is 24.2 Å². The molecule has 1 amide bonds. The zero-order valence-electron chi connectivity index (χ0n) is 19.7. The van der Waals surface area contributed by atoms with Crippen molar-refractivity contribution < 1.29 is 19.4 Å². The molecular formula is C25H30N4O4. The molecule has 1 aromatic heterocycles. The van der Waals surface area contributed by atoms with E-state index in [0.29, 0.717) is 29.2 Å². The van der Waals surface area contributed by atoms with E-state index in [1.165, 1.54) is 11.6 Å². The van der Waals surface area contributed by atoms with Gasteiger partial charge in [-0.25, -0.2) is 4.79 Å². The number of aromatic carboxylic acids is 1. The number of carboxylic acid groups (broad SMARTS) is 1. The molecule has 8 nitrogen and oxygen atoms in total. The van der Waals surface area contributed by atoms with E-state index < -0.39 is 5.97 Å². The summed E-state index contributed by atoms with van der Waals surface area (Å²) in [5.41, 5.74) is 5.03. The van der Waals surface area contributed by atoms with E-state index >= 15 is 0 Å². The molecule has 0 aliphatic heterocycles. The second-order valence-electron chi connectivity index (χ2n) is 8.02. The van der Waals surface area contributed by atoms with Crippen LogP contribution >= 0.6 is 0 Å². The molecule has 3 rings (SSSR count). The first-order chi connectivity index (χ1) is 15.7. The quantitative estimate of drug-likeness (QED) is 0.510. The predicted molar refractivity (Wildman–Crippen MR) is 129 cm³/mol. The molecule has 2 aromatic carbocycles. The number of hydrogen-bond acceptors (Lipinski definition) is 5. The van der Waals surface area contributed by atoms with Crippen molar-refractivity contribution in [2.75, 3.05) is 30.9 Å². The Morgan fingerprint density at radius 1 is 1.15 bits per heavy atom. The van der Waals surface area contributed by atoms with Crippen LogP contribution in [0.3, 0.4) is 0 Å². The number of ether oxygens (including phenoxy) is 1. The number of hydrogen-bond donors (Lipinski definition) is 2. The van der Waals surface area contributed by atoms with E-state index in [-0.39, 0.29) is 11.5 Å². The van der Waals surface area contributed by atoms with Crippen LogP contribution in [0.2, 0.25) is 0 Å². The first-order valence-electron chi connectivity index (χ1n) is 10.7. The topological polar surface area (TPSA) is 96.7 Å². The lowest BCUT2D eigenvalue weighted by molar-refractivity contribution is 0.0697. The lowest BCUT2D eigenvalue weighted by atomic mass is 10.1. The first kappa shape index (κ1) is 23.8. The van der Waals surface area contributed by atoms with E-state index in [1.54, 1.807) is 43.5 Å². The van der Waals surface area contributed by atoms with Crippen molar-refractivity contribution >= 4 is 23.3 Å². The highest BCUT2D eigenvalue weighted by atomic mass is 16.5. The molecule has 0 aliphatic rings. The van der Waals surface area contributed by atoms with Crippen LogP contribution < -0.4 is 15.0 Å². The summed E-state index contributed by atoms with van der Waals surface area (Å²) in [5.74, 6) is -0.713. The molecule has 0 saturated carbocycles.